The van der Waals surface area contributed by atoms with Crippen molar-refractivity contribution in [3.05, 3.63) is 72.6 Å². The number of carbonyl (C=O) groups excluding carboxylic acids is 2. The van der Waals surface area contributed by atoms with Crippen molar-refractivity contribution in [1.82, 2.24) is 19.7 Å². The van der Waals surface area contributed by atoms with Crippen LogP contribution in [0.4, 0.5) is 10.1 Å². The van der Waals surface area contributed by atoms with Gasteiger partial charge in [0.15, 0.2) is 5.82 Å². The predicted octanol–water partition coefficient (Wildman–Crippen LogP) is 2.90. The first-order chi connectivity index (χ1) is 14.1. The minimum absolute atomic E-state index is 0.112. The number of nitrogens with one attached hydrogen (secondary N) is 1. The van der Waals surface area contributed by atoms with E-state index in [1.165, 1.54) is 10.7 Å². The second-order valence-corrected chi connectivity index (χ2v) is 6.93. The summed E-state index contributed by atoms with van der Waals surface area (Å²) in [6.45, 7) is 0.943. The van der Waals surface area contributed by atoms with Crippen molar-refractivity contribution in [3.8, 4) is 5.69 Å². The summed E-state index contributed by atoms with van der Waals surface area (Å²) in [5.41, 5.74) is 1.23. The van der Waals surface area contributed by atoms with Crippen LogP contribution in [0.3, 0.4) is 0 Å². The van der Waals surface area contributed by atoms with Crippen LogP contribution in [0.25, 0.3) is 5.69 Å². The molecular weight excluding hydrogens is 373 g/mol. The van der Waals surface area contributed by atoms with Crippen LogP contribution in [0.2, 0.25) is 0 Å². The molecule has 1 fully saturated rings. The van der Waals surface area contributed by atoms with Crippen LogP contribution in [0.15, 0.2) is 61.2 Å². The van der Waals surface area contributed by atoms with Gasteiger partial charge in [0.1, 0.15) is 5.69 Å². The SMILES string of the molecule is O=C(Nc1ccc(-n2cccn2)c(F)c1)C1CCCN(C(=O)c2ccncc2)C1. The van der Waals surface area contributed by atoms with Gasteiger partial charge >= 0.3 is 0 Å². The highest BCUT2D eigenvalue weighted by Gasteiger charge is 2.29. The average Bonchev–Trinajstić information content (AvgIpc) is 3.28. The number of anilines is 1. The molecule has 8 heteroatoms. The van der Waals surface area contributed by atoms with Gasteiger partial charge in [-0.2, -0.15) is 5.10 Å². The third-order valence-corrected chi connectivity index (χ3v) is 4.97. The van der Waals surface area contributed by atoms with Gasteiger partial charge < -0.3 is 10.2 Å². The Balaban J connectivity index is 1.42. The lowest BCUT2D eigenvalue weighted by Gasteiger charge is -2.32. The monoisotopic (exact) mass is 393 g/mol. The zero-order valence-electron chi connectivity index (χ0n) is 15.7. The van der Waals surface area contributed by atoms with Crippen molar-refractivity contribution in [2.45, 2.75) is 12.8 Å². The van der Waals surface area contributed by atoms with E-state index in [9.17, 15) is 14.0 Å². The number of halogens is 1. The van der Waals surface area contributed by atoms with Crippen molar-refractivity contribution in [2.24, 2.45) is 5.92 Å². The molecule has 148 valence electrons. The van der Waals surface area contributed by atoms with E-state index < -0.39 is 5.82 Å². The van der Waals surface area contributed by atoms with Crippen LogP contribution in [0.1, 0.15) is 23.2 Å². The maximum Gasteiger partial charge on any atom is 0.253 e. The number of piperidine rings is 1. The molecule has 7 nitrogen and oxygen atoms in total. The fourth-order valence-electron chi connectivity index (χ4n) is 3.48. The van der Waals surface area contributed by atoms with Crippen LogP contribution in [0.5, 0.6) is 0 Å². The van der Waals surface area contributed by atoms with Gasteiger partial charge in [-0.15, -0.1) is 0 Å². The highest BCUT2D eigenvalue weighted by atomic mass is 19.1. The molecule has 1 aromatic carbocycles. The second-order valence-electron chi connectivity index (χ2n) is 6.93. The maximum atomic E-state index is 14.4. The Morgan fingerprint density at radius 2 is 1.97 bits per heavy atom. The summed E-state index contributed by atoms with van der Waals surface area (Å²) in [4.78, 5) is 30.9. The summed E-state index contributed by atoms with van der Waals surface area (Å²) < 4.78 is 15.8. The molecule has 3 heterocycles. The number of rotatable bonds is 4. The van der Waals surface area contributed by atoms with Gasteiger partial charge in [0.25, 0.3) is 5.91 Å². The average molecular weight is 393 g/mol. The third kappa shape index (κ3) is 4.16. The highest BCUT2D eigenvalue weighted by molar-refractivity contribution is 5.96. The van der Waals surface area contributed by atoms with E-state index >= 15 is 0 Å². The van der Waals surface area contributed by atoms with Gasteiger partial charge in [0.2, 0.25) is 5.91 Å². The summed E-state index contributed by atoms with van der Waals surface area (Å²) in [5.74, 6) is -1.16. The van der Waals surface area contributed by atoms with Crippen molar-refractivity contribution >= 4 is 17.5 Å². The van der Waals surface area contributed by atoms with Crippen LogP contribution >= 0.6 is 0 Å². The first-order valence-corrected chi connectivity index (χ1v) is 9.41. The Bertz CT molecular complexity index is 1010. The van der Waals surface area contributed by atoms with E-state index in [0.29, 0.717) is 36.4 Å². The van der Waals surface area contributed by atoms with Gasteiger partial charge in [-0.1, -0.05) is 0 Å². The molecule has 1 N–H and O–H groups in total. The topological polar surface area (TPSA) is 80.1 Å². The van der Waals surface area contributed by atoms with Gasteiger partial charge in [-0.25, -0.2) is 9.07 Å². The van der Waals surface area contributed by atoms with Gasteiger partial charge in [0.05, 0.1) is 5.92 Å². The molecular formula is C21H20FN5O2. The first-order valence-electron chi connectivity index (χ1n) is 9.41. The number of hydrogen-bond acceptors (Lipinski definition) is 4. The molecule has 4 rings (SSSR count). The molecule has 1 unspecified atom stereocenters. The van der Waals surface area contributed by atoms with Gasteiger partial charge in [-0.05, 0) is 49.2 Å². The summed E-state index contributed by atoms with van der Waals surface area (Å²) in [5, 5.41) is 6.78. The van der Waals surface area contributed by atoms with Crippen LogP contribution in [-0.4, -0.2) is 44.6 Å². The Morgan fingerprint density at radius 1 is 1.14 bits per heavy atom. The molecule has 1 aliphatic rings. The van der Waals surface area contributed by atoms with Gasteiger partial charge in [-0.3, -0.25) is 14.6 Å². The van der Waals surface area contributed by atoms with Gasteiger partial charge in [0, 0.05) is 49.1 Å². The molecule has 29 heavy (non-hydrogen) atoms. The molecule has 0 saturated carbocycles. The Hall–Kier alpha value is -3.55. The minimum atomic E-state index is -0.482. The molecule has 1 aliphatic heterocycles. The largest absolute Gasteiger partial charge is 0.338 e. The standard InChI is InChI=1S/C21H20FN5O2/c22-18-13-17(4-5-19(18)27-12-2-8-24-27)25-20(28)16-3-1-11-26(14-16)21(29)15-6-9-23-10-7-15/h2,4-10,12-13,16H,1,3,11,14H2,(H,25,28). The zero-order valence-corrected chi connectivity index (χ0v) is 15.7. The maximum absolute atomic E-state index is 14.4. The molecule has 0 radical (unpaired) electrons. The van der Waals surface area contributed by atoms with Crippen molar-refractivity contribution in [1.29, 1.82) is 0 Å². The van der Waals surface area contributed by atoms with E-state index in [-0.39, 0.29) is 17.7 Å². The number of hydrogen-bond donors (Lipinski definition) is 1. The Kier molecular flexibility index (Phi) is 5.33. The fourth-order valence-corrected chi connectivity index (χ4v) is 3.48. The van der Waals surface area contributed by atoms with E-state index in [4.69, 9.17) is 0 Å². The lowest BCUT2D eigenvalue weighted by Crippen LogP contribution is -2.43. The fraction of sp³-hybridized carbons (Fsp3) is 0.238. The smallest absolute Gasteiger partial charge is 0.253 e. The lowest BCUT2D eigenvalue weighted by atomic mass is 9.96. The highest BCUT2D eigenvalue weighted by Crippen LogP contribution is 2.22. The molecule has 1 atom stereocenters. The van der Waals surface area contributed by atoms with E-state index in [1.54, 1.807) is 60.0 Å². The van der Waals surface area contributed by atoms with Crippen LogP contribution in [-0.2, 0) is 4.79 Å². The molecule has 0 spiro atoms. The lowest BCUT2D eigenvalue weighted by molar-refractivity contribution is -0.121. The summed E-state index contributed by atoms with van der Waals surface area (Å²) in [6, 6.07) is 9.51. The Labute approximate surface area is 167 Å². The summed E-state index contributed by atoms with van der Waals surface area (Å²) in [6.07, 6.45) is 7.78. The number of likely N-dealkylation sites (tertiary alicyclic amines) is 1. The number of nitrogens with zero attached hydrogens (tertiary/aromatic N) is 4. The molecule has 2 aromatic heterocycles. The summed E-state index contributed by atoms with van der Waals surface area (Å²) >= 11 is 0. The second kappa shape index (κ2) is 8.22. The molecule has 0 bridgehead atoms. The van der Waals surface area contributed by atoms with E-state index in [0.717, 1.165) is 6.42 Å². The molecule has 3 aromatic rings. The minimum Gasteiger partial charge on any atom is -0.338 e. The molecule has 0 aliphatic carbocycles. The number of amides is 2. The number of carbonyl (C=O) groups is 2. The molecule has 1 saturated heterocycles. The predicted molar refractivity (Wildman–Crippen MR) is 105 cm³/mol. The number of benzene rings is 1. The quantitative estimate of drug-likeness (QED) is 0.739. The van der Waals surface area contributed by atoms with Crippen LogP contribution < -0.4 is 5.32 Å². The zero-order chi connectivity index (χ0) is 20.2. The van der Waals surface area contributed by atoms with Crippen LogP contribution in [0, 0.1) is 11.7 Å². The summed E-state index contributed by atoms with van der Waals surface area (Å²) in [7, 11) is 0. The normalized spacial score (nSPS) is 16.4. The number of aromatic nitrogens is 3. The Morgan fingerprint density at radius 3 is 2.69 bits per heavy atom. The van der Waals surface area contributed by atoms with Crippen molar-refractivity contribution in [3.63, 3.8) is 0 Å². The van der Waals surface area contributed by atoms with Crippen molar-refractivity contribution in [2.75, 3.05) is 18.4 Å². The first kappa shape index (κ1) is 18.8. The number of pyridine rings is 1. The third-order valence-electron chi connectivity index (χ3n) is 4.97. The van der Waals surface area contributed by atoms with E-state index in [2.05, 4.69) is 15.4 Å². The van der Waals surface area contributed by atoms with Crippen molar-refractivity contribution < 1.29 is 14.0 Å². The molecule has 2 amide bonds. The van der Waals surface area contributed by atoms with E-state index in [1.807, 2.05) is 0 Å².